The second kappa shape index (κ2) is 4.95. The molecule has 1 saturated heterocycles. The topological polar surface area (TPSA) is 59.0 Å². The number of hydrogen-bond donors (Lipinski definition) is 0. The van der Waals surface area contributed by atoms with Gasteiger partial charge in [0.25, 0.3) is 0 Å². The average molecular weight is 234 g/mol. The summed E-state index contributed by atoms with van der Waals surface area (Å²) in [5.74, 6) is -0.400. The van der Waals surface area contributed by atoms with Crippen molar-refractivity contribution in [1.82, 2.24) is 0 Å². The summed E-state index contributed by atoms with van der Waals surface area (Å²) < 4.78 is 4.66. The summed E-state index contributed by atoms with van der Waals surface area (Å²) in [5.41, 5.74) is 1.54. The van der Waals surface area contributed by atoms with Gasteiger partial charge in [0.05, 0.1) is 18.4 Å². The van der Waals surface area contributed by atoms with Crippen LogP contribution in [0.5, 0.6) is 0 Å². The van der Waals surface area contributed by atoms with Crippen LogP contribution >= 0.6 is 0 Å². The lowest BCUT2D eigenvalue weighted by Crippen LogP contribution is -2.18. The lowest BCUT2D eigenvalue weighted by atomic mass is 10.1. The SMILES string of the molecule is COC(=O)c1ccc(N=O)c(N2CCCC2)c1. The van der Waals surface area contributed by atoms with Crippen molar-refractivity contribution in [1.29, 1.82) is 0 Å². The largest absolute Gasteiger partial charge is 0.465 e. The molecule has 0 atom stereocenters. The first kappa shape index (κ1) is 11.6. The molecule has 0 saturated carbocycles. The fourth-order valence-electron chi connectivity index (χ4n) is 2.06. The number of methoxy groups -OCH3 is 1. The molecule has 17 heavy (non-hydrogen) atoms. The van der Waals surface area contributed by atoms with Crippen molar-refractivity contribution in [2.45, 2.75) is 12.8 Å². The molecule has 5 nitrogen and oxygen atoms in total. The van der Waals surface area contributed by atoms with E-state index in [1.807, 2.05) is 0 Å². The summed E-state index contributed by atoms with van der Waals surface area (Å²) in [6.45, 7) is 1.79. The predicted octanol–water partition coefficient (Wildman–Crippen LogP) is 2.47. The van der Waals surface area contributed by atoms with Crippen molar-refractivity contribution in [3.8, 4) is 0 Å². The molecule has 0 bridgehead atoms. The zero-order valence-corrected chi connectivity index (χ0v) is 9.68. The third-order valence-corrected chi connectivity index (χ3v) is 2.94. The van der Waals surface area contributed by atoms with E-state index in [2.05, 4.69) is 14.8 Å². The minimum absolute atomic E-state index is 0.375. The second-order valence-electron chi connectivity index (χ2n) is 3.98. The van der Waals surface area contributed by atoms with Gasteiger partial charge in [-0.3, -0.25) is 0 Å². The average Bonchev–Trinajstić information content (AvgIpc) is 2.90. The molecule has 0 radical (unpaired) electrons. The van der Waals surface area contributed by atoms with Crippen molar-refractivity contribution in [3.63, 3.8) is 0 Å². The van der Waals surface area contributed by atoms with E-state index >= 15 is 0 Å². The minimum Gasteiger partial charge on any atom is -0.465 e. The number of benzene rings is 1. The third-order valence-electron chi connectivity index (χ3n) is 2.94. The van der Waals surface area contributed by atoms with Gasteiger partial charge in [-0.2, -0.15) is 0 Å². The van der Waals surface area contributed by atoms with Crippen molar-refractivity contribution in [2.24, 2.45) is 5.18 Å². The second-order valence-corrected chi connectivity index (χ2v) is 3.98. The van der Waals surface area contributed by atoms with Gasteiger partial charge < -0.3 is 9.64 Å². The minimum atomic E-state index is -0.400. The number of hydrogen-bond acceptors (Lipinski definition) is 5. The zero-order valence-electron chi connectivity index (χ0n) is 9.68. The summed E-state index contributed by atoms with van der Waals surface area (Å²) in [5, 5.41) is 3.00. The van der Waals surface area contributed by atoms with Crippen LogP contribution < -0.4 is 4.90 Å². The number of carbonyl (C=O) groups excluding carboxylic acids is 1. The smallest absolute Gasteiger partial charge is 0.337 e. The van der Waals surface area contributed by atoms with Crippen molar-refractivity contribution < 1.29 is 9.53 Å². The highest BCUT2D eigenvalue weighted by atomic mass is 16.5. The molecular weight excluding hydrogens is 220 g/mol. The van der Waals surface area contributed by atoms with Crippen LogP contribution in [0.15, 0.2) is 23.4 Å². The molecule has 90 valence electrons. The van der Waals surface area contributed by atoms with Crippen molar-refractivity contribution >= 4 is 17.3 Å². The van der Waals surface area contributed by atoms with Crippen LogP contribution in [-0.2, 0) is 4.74 Å². The van der Waals surface area contributed by atoms with Gasteiger partial charge in [-0.15, -0.1) is 4.91 Å². The highest BCUT2D eigenvalue weighted by Crippen LogP contribution is 2.32. The fourth-order valence-corrected chi connectivity index (χ4v) is 2.06. The Morgan fingerprint density at radius 1 is 1.35 bits per heavy atom. The van der Waals surface area contributed by atoms with Crippen LogP contribution in [0, 0.1) is 4.91 Å². The molecule has 0 amide bonds. The predicted molar refractivity (Wildman–Crippen MR) is 64.7 cm³/mol. The number of rotatable bonds is 3. The molecule has 1 aromatic rings. The number of anilines is 1. The van der Waals surface area contributed by atoms with Gasteiger partial charge in [0.1, 0.15) is 5.69 Å². The maximum absolute atomic E-state index is 11.4. The fraction of sp³-hybridized carbons (Fsp3) is 0.417. The van der Waals surface area contributed by atoms with Gasteiger partial charge >= 0.3 is 5.97 Å². The van der Waals surface area contributed by atoms with E-state index in [-0.39, 0.29) is 0 Å². The first-order chi connectivity index (χ1) is 8.26. The number of ether oxygens (including phenoxy) is 1. The van der Waals surface area contributed by atoms with Crippen molar-refractivity contribution in [3.05, 3.63) is 28.7 Å². The normalized spacial score (nSPS) is 14.8. The summed E-state index contributed by atoms with van der Waals surface area (Å²) in [4.78, 5) is 24.2. The first-order valence-corrected chi connectivity index (χ1v) is 5.57. The maximum Gasteiger partial charge on any atom is 0.337 e. The number of esters is 1. The quantitative estimate of drug-likeness (QED) is 0.595. The van der Waals surface area contributed by atoms with Crippen LogP contribution in [0.25, 0.3) is 0 Å². The van der Waals surface area contributed by atoms with Crippen LogP contribution in [0.1, 0.15) is 23.2 Å². The highest BCUT2D eigenvalue weighted by Gasteiger charge is 2.18. The summed E-state index contributed by atoms with van der Waals surface area (Å²) in [6, 6.07) is 4.79. The number of carbonyl (C=O) groups is 1. The molecule has 0 spiro atoms. The molecule has 0 aliphatic carbocycles. The molecule has 1 fully saturated rings. The van der Waals surface area contributed by atoms with Crippen LogP contribution in [-0.4, -0.2) is 26.2 Å². The van der Waals surface area contributed by atoms with E-state index < -0.39 is 5.97 Å². The Balaban J connectivity index is 2.38. The maximum atomic E-state index is 11.4. The summed E-state index contributed by atoms with van der Waals surface area (Å²) in [6.07, 6.45) is 2.20. The van der Waals surface area contributed by atoms with Crippen molar-refractivity contribution in [2.75, 3.05) is 25.1 Å². The van der Waals surface area contributed by atoms with E-state index in [4.69, 9.17) is 0 Å². The molecule has 1 aliphatic rings. The monoisotopic (exact) mass is 234 g/mol. The Morgan fingerprint density at radius 2 is 2.06 bits per heavy atom. The van der Waals surface area contributed by atoms with Gasteiger partial charge in [-0.25, -0.2) is 4.79 Å². The van der Waals surface area contributed by atoms with E-state index in [1.165, 1.54) is 7.11 Å². The third kappa shape index (κ3) is 2.27. The summed E-state index contributed by atoms with van der Waals surface area (Å²) >= 11 is 0. The summed E-state index contributed by atoms with van der Waals surface area (Å²) in [7, 11) is 1.34. The van der Waals surface area contributed by atoms with E-state index in [1.54, 1.807) is 18.2 Å². The molecule has 1 aromatic carbocycles. The molecule has 0 N–H and O–H groups in total. The Labute approximate surface area is 99.3 Å². The molecule has 1 heterocycles. The molecule has 1 aliphatic heterocycles. The first-order valence-electron chi connectivity index (χ1n) is 5.57. The van der Waals surface area contributed by atoms with E-state index in [9.17, 15) is 9.70 Å². The lowest BCUT2D eigenvalue weighted by Gasteiger charge is -2.19. The van der Waals surface area contributed by atoms with Gasteiger partial charge in [-0.1, -0.05) is 0 Å². The van der Waals surface area contributed by atoms with E-state index in [0.29, 0.717) is 11.3 Å². The Bertz CT molecular complexity index is 439. The van der Waals surface area contributed by atoms with E-state index in [0.717, 1.165) is 31.6 Å². The Morgan fingerprint density at radius 3 is 2.65 bits per heavy atom. The molecule has 2 rings (SSSR count). The van der Waals surface area contributed by atoms with Crippen LogP contribution in [0.4, 0.5) is 11.4 Å². The van der Waals surface area contributed by atoms with Gasteiger partial charge in [-0.05, 0) is 36.2 Å². The molecule has 5 heteroatoms. The Hall–Kier alpha value is -1.91. The lowest BCUT2D eigenvalue weighted by molar-refractivity contribution is 0.0601. The highest BCUT2D eigenvalue weighted by molar-refractivity contribution is 5.92. The van der Waals surface area contributed by atoms with Crippen LogP contribution in [0.2, 0.25) is 0 Å². The Kier molecular flexibility index (Phi) is 3.37. The standard InChI is InChI=1S/C12H14N2O3/c1-17-12(15)9-4-5-10(13-16)11(8-9)14-6-2-3-7-14/h4-5,8H,2-3,6-7H2,1H3. The van der Waals surface area contributed by atoms with Gasteiger partial charge in [0.2, 0.25) is 0 Å². The zero-order chi connectivity index (χ0) is 12.3. The number of nitroso groups, excluding NO2 is 1. The molecule has 0 aromatic heterocycles. The van der Waals surface area contributed by atoms with Gasteiger partial charge in [0, 0.05) is 13.1 Å². The molecular formula is C12H14N2O3. The molecule has 0 unspecified atom stereocenters. The van der Waals surface area contributed by atoms with Crippen LogP contribution in [0.3, 0.4) is 0 Å². The number of nitrogens with zero attached hydrogens (tertiary/aromatic N) is 2. The van der Waals surface area contributed by atoms with Gasteiger partial charge in [0.15, 0.2) is 0 Å².